The van der Waals surface area contributed by atoms with Crippen molar-refractivity contribution in [2.24, 2.45) is 0 Å². The molecule has 386 valence electrons. The topological polar surface area (TPSA) is 4.93 Å². The highest BCUT2D eigenvalue weighted by Crippen LogP contribution is 2.60. The smallest absolute Gasteiger partial charge is 0.0713 e. The number of para-hydroxylation sites is 2. The van der Waals surface area contributed by atoms with Crippen LogP contribution in [0.5, 0.6) is 0 Å². The van der Waals surface area contributed by atoms with Crippen LogP contribution in [0.4, 0.5) is 0 Å². The van der Waals surface area contributed by atoms with Crippen LogP contribution in [0.15, 0.2) is 322 Å². The van der Waals surface area contributed by atoms with Crippen LogP contribution in [0.3, 0.4) is 0 Å². The first kappa shape index (κ1) is 47.2. The molecular formula is C82H53N. The first-order valence-electron chi connectivity index (χ1n) is 29.0. The third-order valence-corrected chi connectivity index (χ3v) is 18.5. The minimum Gasteiger partial charge on any atom is -0.309 e. The SMILES string of the molecule is c1ccc(-n2c3ccccc3c3cc(-c4ccc5c(-c6ccc7c(c6)C(c6ccccc6)(c6ccccc6)c6ccccc6-7)c6ccccc6c(-c6ccc7c(c6)C(c6ccccc6)(c6ccccc6)c6ccccc6-7)c5c4)ccc32)cc1. The Hall–Kier alpha value is -10.6. The van der Waals surface area contributed by atoms with Gasteiger partial charge in [-0.05, 0) is 170 Å². The highest BCUT2D eigenvalue weighted by atomic mass is 15.0. The van der Waals surface area contributed by atoms with Gasteiger partial charge in [0, 0.05) is 16.5 Å². The fraction of sp³-hybridized carbons (Fsp3) is 0.0244. The molecule has 0 bridgehead atoms. The van der Waals surface area contributed by atoms with Crippen molar-refractivity contribution >= 4 is 43.4 Å². The van der Waals surface area contributed by atoms with Gasteiger partial charge in [-0.3, -0.25) is 0 Å². The molecule has 0 radical (unpaired) electrons. The molecule has 2 aliphatic carbocycles. The predicted molar refractivity (Wildman–Crippen MR) is 347 cm³/mol. The molecule has 0 amide bonds. The number of fused-ring (bicyclic) bond motifs is 11. The molecule has 0 atom stereocenters. The van der Waals surface area contributed by atoms with Crippen LogP contribution in [-0.4, -0.2) is 4.57 Å². The van der Waals surface area contributed by atoms with Gasteiger partial charge in [-0.2, -0.15) is 0 Å². The molecule has 0 unspecified atom stereocenters. The number of hydrogen-bond donors (Lipinski definition) is 0. The van der Waals surface area contributed by atoms with Crippen molar-refractivity contribution in [3.8, 4) is 61.3 Å². The van der Waals surface area contributed by atoms with Gasteiger partial charge in [0.2, 0.25) is 0 Å². The Balaban J connectivity index is 0.959. The maximum absolute atomic E-state index is 2.55. The van der Waals surface area contributed by atoms with Gasteiger partial charge in [-0.15, -0.1) is 0 Å². The van der Waals surface area contributed by atoms with Crippen molar-refractivity contribution in [1.29, 1.82) is 0 Å². The summed E-state index contributed by atoms with van der Waals surface area (Å²) in [5.74, 6) is 0. The van der Waals surface area contributed by atoms with E-state index in [1.54, 1.807) is 0 Å². The van der Waals surface area contributed by atoms with E-state index in [2.05, 4.69) is 326 Å². The number of aromatic nitrogens is 1. The molecule has 0 spiro atoms. The van der Waals surface area contributed by atoms with E-state index in [0.717, 1.165) is 5.69 Å². The number of nitrogens with zero attached hydrogens (tertiary/aromatic N) is 1. The van der Waals surface area contributed by atoms with E-state index in [1.807, 2.05) is 0 Å². The average molecular weight is 1050 g/mol. The van der Waals surface area contributed by atoms with Crippen LogP contribution in [0, 0.1) is 0 Å². The van der Waals surface area contributed by atoms with E-state index < -0.39 is 10.8 Å². The summed E-state index contributed by atoms with van der Waals surface area (Å²) in [6.07, 6.45) is 0. The van der Waals surface area contributed by atoms with Crippen molar-refractivity contribution in [3.63, 3.8) is 0 Å². The molecule has 0 saturated heterocycles. The lowest BCUT2D eigenvalue weighted by atomic mass is 9.67. The molecule has 1 heterocycles. The summed E-state index contributed by atoms with van der Waals surface area (Å²) < 4.78 is 2.40. The van der Waals surface area contributed by atoms with Crippen LogP contribution in [-0.2, 0) is 10.8 Å². The fourth-order valence-corrected chi connectivity index (χ4v) is 15.2. The molecule has 2 aliphatic rings. The third kappa shape index (κ3) is 6.77. The minimum atomic E-state index is -0.554. The van der Waals surface area contributed by atoms with Crippen molar-refractivity contribution < 1.29 is 0 Å². The van der Waals surface area contributed by atoms with Crippen LogP contribution >= 0.6 is 0 Å². The first-order valence-corrected chi connectivity index (χ1v) is 29.0. The molecule has 0 aliphatic heterocycles. The molecule has 83 heavy (non-hydrogen) atoms. The minimum absolute atomic E-state index is 0.544. The Bertz CT molecular complexity index is 4980. The van der Waals surface area contributed by atoms with Gasteiger partial charge in [0.15, 0.2) is 0 Å². The van der Waals surface area contributed by atoms with Crippen molar-refractivity contribution in [2.75, 3.05) is 0 Å². The summed E-state index contributed by atoms with van der Waals surface area (Å²) in [7, 11) is 0. The average Bonchev–Trinajstić information content (AvgIpc) is 2.30. The van der Waals surface area contributed by atoms with E-state index in [9.17, 15) is 0 Å². The molecular weight excluding hydrogens is 999 g/mol. The molecule has 0 N–H and O–H groups in total. The summed E-state index contributed by atoms with van der Waals surface area (Å²) >= 11 is 0. The summed E-state index contributed by atoms with van der Waals surface area (Å²) in [4.78, 5) is 0. The van der Waals surface area contributed by atoms with Gasteiger partial charge in [0.1, 0.15) is 0 Å². The zero-order valence-electron chi connectivity index (χ0n) is 45.5. The van der Waals surface area contributed by atoms with E-state index in [-0.39, 0.29) is 0 Å². The number of benzene rings is 14. The lowest BCUT2D eigenvalue weighted by Crippen LogP contribution is -2.28. The number of hydrogen-bond acceptors (Lipinski definition) is 0. The molecule has 1 aromatic heterocycles. The second kappa shape index (κ2) is 18.5. The van der Waals surface area contributed by atoms with Crippen LogP contribution in [0.2, 0.25) is 0 Å². The van der Waals surface area contributed by atoms with E-state index in [0.29, 0.717) is 0 Å². The Kier molecular flexibility index (Phi) is 10.5. The van der Waals surface area contributed by atoms with Gasteiger partial charge >= 0.3 is 0 Å². The third-order valence-electron chi connectivity index (χ3n) is 18.5. The molecule has 1 nitrogen and oxygen atoms in total. The van der Waals surface area contributed by atoms with Gasteiger partial charge in [0.05, 0.1) is 21.9 Å². The van der Waals surface area contributed by atoms with Gasteiger partial charge in [-0.1, -0.05) is 273 Å². The van der Waals surface area contributed by atoms with E-state index in [1.165, 1.54) is 143 Å². The maximum Gasteiger partial charge on any atom is 0.0713 e. The molecule has 1 heteroatoms. The standard InChI is InChI=1S/C82H53N/c1-6-24-58(25-7-1)81(59-26-8-2-9-27-59)73-39-21-18-34-63(73)65-46-43-56(52-75(65)81)79-68-37-16-17-38-69(68)80(57-44-47-66-64-35-19-22-40-74(64)82(76(66)53-57,60-28-10-3-11-29-60)61-30-12-4-13-31-61)72-51-54(42-48-70(72)79)55-45-49-78-71(50-55)67-36-20-23-41-77(67)83(78)62-32-14-5-15-33-62/h1-53H. The molecule has 15 aromatic rings. The monoisotopic (exact) mass is 1050 g/mol. The van der Waals surface area contributed by atoms with Crippen molar-refractivity contribution in [2.45, 2.75) is 10.8 Å². The lowest BCUT2D eigenvalue weighted by Gasteiger charge is -2.34. The molecule has 0 fully saturated rings. The fourth-order valence-electron chi connectivity index (χ4n) is 15.2. The zero-order valence-corrected chi connectivity index (χ0v) is 45.5. The van der Waals surface area contributed by atoms with Gasteiger partial charge in [-0.25, -0.2) is 0 Å². The summed E-state index contributed by atoms with van der Waals surface area (Å²) in [5, 5.41) is 7.34. The van der Waals surface area contributed by atoms with Crippen LogP contribution < -0.4 is 0 Å². The summed E-state index contributed by atoms with van der Waals surface area (Å²) in [6.45, 7) is 0. The maximum atomic E-state index is 2.55. The highest BCUT2D eigenvalue weighted by Gasteiger charge is 2.48. The lowest BCUT2D eigenvalue weighted by molar-refractivity contribution is 0.769. The van der Waals surface area contributed by atoms with E-state index in [4.69, 9.17) is 0 Å². The van der Waals surface area contributed by atoms with Crippen molar-refractivity contribution in [1.82, 2.24) is 4.57 Å². The Morgan fingerprint density at radius 3 is 1.06 bits per heavy atom. The summed E-state index contributed by atoms with van der Waals surface area (Å²) in [6, 6.07) is 121. The zero-order chi connectivity index (χ0) is 54.6. The highest BCUT2D eigenvalue weighted by molar-refractivity contribution is 6.22. The Morgan fingerprint density at radius 1 is 0.205 bits per heavy atom. The Labute approximate surface area is 483 Å². The molecule has 14 aromatic carbocycles. The number of rotatable bonds is 8. The van der Waals surface area contributed by atoms with Crippen molar-refractivity contribution in [3.05, 3.63) is 366 Å². The molecule has 0 saturated carbocycles. The van der Waals surface area contributed by atoms with E-state index >= 15 is 0 Å². The largest absolute Gasteiger partial charge is 0.309 e. The van der Waals surface area contributed by atoms with Gasteiger partial charge < -0.3 is 4.57 Å². The second-order valence-corrected chi connectivity index (χ2v) is 22.6. The first-order chi connectivity index (χ1) is 41.2. The second-order valence-electron chi connectivity index (χ2n) is 22.6. The Morgan fingerprint density at radius 2 is 0.554 bits per heavy atom. The van der Waals surface area contributed by atoms with Gasteiger partial charge in [0.25, 0.3) is 0 Å². The normalized spacial score (nSPS) is 13.5. The van der Waals surface area contributed by atoms with Crippen LogP contribution in [0.25, 0.3) is 105 Å². The predicted octanol–water partition coefficient (Wildman–Crippen LogP) is 20.8. The van der Waals surface area contributed by atoms with Crippen LogP contribution in [0.1, 0.15) is 44.5 Å². The quantitative estimate of drug-likeness (QED) is 0.134. The summed E-state index contributed by atoms with van der Waals surface area (Å²) in [5.41, 5.74) is 25.0. The molecule has 17 rings (SSSR count).